The van der Waals surface area contributed by atoms with E-state index in [9.17, 15) is 18.0 Å². The zero-order valence-corrected chi connectivity index (χ0v) is 22.9. The maximum absolute atomic E-state index is 12.9. The monoisotopic (exact) mass is 578 g/mol. The summed E-state index contributed by atoms with van der Waals surface area (Å²) in [4.78, 5) is 18.8. The second kappa shape index (κ2) is 12.0. The molecule has 0 N–H and O–H groups in total. The molecule has 0 aliphatic carbocycles. The molecule has 0 spiro atoms. The van der Waals surface area contributed by atoms with E-state index >= 15 is 0 Å². The molecule has 1 saturated heterocycles. The van der Waals surface area contributed by atoms with Crippen LogP contribution < -0.4 is 9.64 Å². The van der Waals surface area contributed by atoms with E-state index in [1.54, 1.807) is 11.1 Å². The first kappa shape index (κ1) is 28.1. The van der Waals surface area contributed by atoms with Crippen LogP contribution in [0, 0.1) is 0 Å². The first-order chi connectivity index (χ1) is 19.7. The summed E-state index contributed by atoms with van der Waals surface area (Å²) < 4.78 is 42.5. The zero-order chi connectivity index (χ0) is 29.0. The normalized spacial score (nSPS) is 15.3. The molecule has 1 aromatic heterocycles. The van der Waals surface area contributed by atoms with E-state index in [0.29, 0.717) is 28.9 Å². The van der Waals surface area contributed by atoms with E-state index in [1.807, 2.05) is 48.5 Å². The van der Waals surface area contributed by atoms with Crippen LogP contribution in [0.3, 0.4) is 0 Å². The van der Waals surface area contributed by atoms with Crippen molar-refractivity contribution in [2.75, 3.05) is 10.7 Å². The number of hydrogen-bond acceptors (Lipinski definition) is 7. The molecule has 0 bridgehead atoms. The van der Waals surface area contributed by atoms with Crippen molar-refractivity contribution < 1.29 is 22.7 Å². The Bertz CT molecular complexity index is 1580. The van der Waals surface area contributed by atoms with Crippen LogP contribution in [0.25, 0.3) is 17.1 Å². The van der Waals surface area contributed by atoms with E-state index in [1.165, 1.54) is 47.0 Å². The molecule has 1 aliphatic heterocycles. The van der Waals surface area contributed by atoms with Gasteiger partial charge in [0.25, 0.3) is 0 Å². The largest absolute Gasteiger partial charge is 0.573 e. The lowest BCUT2D eigenvalue weighted by Crippen LogP contribution is -2.39. The molecule has 2 heterocycles. The molecule has 5 rings (SSSR count). The summed E-state index contributed by atoms with van der Waals surface area (Å²) in [7, 11) is 0. The zero-order valence-electron chi connectivity index (χ0n) is 22.1. The van der Waals surface area contributed by atoms with E-state index in [2.05, 4.69) is 38.9 Å². The molecule has 1 amide bonds. The number of anilines is 1. The third-order valence-corrected chi connectivity index (χ3v) is 7.06. The van der Waals surface area contributed by atoms with Gasteiger partial charge in [0.2, 0.25) is 5.91 Å². The highest BCUT2D eigenvalue weighted by Gasteiger charge is 2.31. The molecular weight excluding hydrogens is 553 g/mol. The van der Waals surface area contributed by atoms with E-state index in [4.69, 9.17) is 0 Å². The number of benzene rings is 3. The topological polar surface area (TPSA) is 85.0 Å². The summed E-state index contributed by atoms with van der Waals surface area (Å²) in [6.45, 7) is 4.18. The van der Waals surface area contributed by atoms with Gasteiger partial charge in [-0.15, -0.1) is 23.4 Å². The van der Waals surface area contributed by atoms with Crippen molar-refractivity contribution >= 4 is 34.7 Å². The van der Waals surface area contributed by atoms with Gasteiger partial charge in [-0.05, 0) is 47.4 Å². The van der Waals surface area contributed by atoms with Crippen molar-refractivity contribution in [1.82, 2.24) is 14.8 Å². The molecule has 41 heavy (non-hydrogen) atoms. The van der Waals surface area contributed by atoms with Gasteiger partial charge in [0.05, 0.1) is 17.6 Å². The average molecular weight is 579 g/mol. The highest BCUT2D eigenvalue weighted by Crippen LogP contribution is 2.32. The first-order valence-electron chi connectivity index (χ1n) is 12.7. The number of carbonyl (C=O) groups is 1. The predicted molar refractivity (Wildman–Crippen MR) is 154 cm³/mol. The maximum Gasteiger partial charge on any atom is 0.573 e. The number of hydrogen-bond donors (Lipinski definition) is 0. The average Bonchev–Trinajstić information content (AvgIpc) is 3.43. The molecule has 0 saturated carbocycles. The van der Waals surface area contributed by atoms with Crippen molar-refractivity contribution in [2.45, 2.75) is 32.5 Å². The van der Waals surface area contributed by atoms with E-state index in [-0.39, 0.29) is 17.6 Å². The minimum Gasteiger partial charge on any atom is -0.406 e. The van der Waals surface area contributed by atoms with Gasteiger partial charge in [0, 0.05) is 17.7 Å². The molecule has 210 valence electrons. The van der Waals surface area contributed by atoms with Crippen LogP contribution in [0.5, 0.6) is 5.75 Å². The standard InChI is InChI=1S/C29H25F3N6O2S/c1-19(2)24-5-3-4-6-25(24)38-26(39)15-16-41-28(38)35-34-17-20-7-9-21(10-8-20)27-33-18-37(36-27)22-11-13-23(14-12-22)40-29(30,31)32/h3-14,17-19H,15-16H2,1-2H3/b34-17-,35-28+. The van der Waals surface area contributed by atoms with Crippen molar-refractivity contribution in [2.24, 2.45) is 10.2 Å². The van der Waals surface area contributed by atoms with Crippen molar-refractivity contribution in [1.29, 1.82) is 0 Å². The summed E-state index contributed by atoms with van der Waals surface area (Å²) in [5, 5.41) is 13.6. The molecule has 8 nitrogen and oxygen atoms in total. The number of rotatable bonds is 7. The summed E-state index contributed by atoms with van der Waals surface area (Å²) >= 11 is 1.49. The van der Waals surface area contributed by atoms with Gasteiger partial charge in [0.15, 0.2) is 11.0 Å². The maximum atomic E-state index is 12.9. The Kier molecular flexibility index (Phi) is 8.20. The van der Waals surface area contributed by atoms with Crippen LogP contribution >= 0.6 is 11.8 Å². The van der Waals surface area contributed by atoms with Gasteiger partial charge >= 0.3 is 6.36 Å². The number of halogens is 3. The molecule has 0 radical (unpaired) electrons. The Labute approximate surface area is 238 Å². The molecule has 1 aliphatic rings. The number of nitrogens with zero attached hydrogens (tertiary/aromatic N) is 6. The summed E-state index contributed by atoms with van der Waals surface area (Å²) in [6, 6.07) is 20.5. The fraction of sp³-hybridized carbons (Fsp3) is 0.207. The quantitative estimate of drug-likeness (QED) is 0.178. The van der Waals surface area contributed by atoms with Crippen LogP contribution in [-0.4, -0.2) is 44.2 Å². The van der Waals surface area contributed by atoms with Gasteiger partial charge in [-0.3, -0.25) is 9.69 Å². The van der Waals surface area contributed by atoms with Gasteiger partial charge in [-0.2, -0.15) is 5.10 Å². The van der Waals surface area contributed by atoms with E-state index in [0.717, 1.165) is 22.4 Å². The van der Waals surface area contributed by atoms with Gasteiger partial charge in [0.1, 0.15) is 12.1 Å². The molecule has 1 fully saturated rings. The van der Waals surface area contributed by atoms with Crippen molar-refractivity contribution in [3.05, 3.63) is 90.3 Å². The molecule has 0 unspecified atom stereocenters. The van der Waals surface area contributed by atoms with Crippen LogP contribution in [0.4, 0.5) is 18.9 Å². The number of aromatic nitrogens is 3. The molecule has 0 atom stereocenters. The molecular formula is C29H25F3N6O2S. The van der Waals surface area contributed by atoms with Crippen LogP contribution in [-0.2, 0) is 4.79 Å². The molecule has 12 heteroatoms. The molecule has 4 aromatic rings. The lowest BCUT2D eigenvalue weighted by molar-refractivity contribution is -0.274. The Morgan fingerprint density at radius 3 is 2.46 bits per heavy atom. The van der Waals surface area contributed by atoms with Crippen molar-refractivity contribution in [3.63, 3.8) is 0 Å². The smallest absolute Gasteiger partial charge is 0.406 e. The number of ether oxygens (including phenoxy) is 1. The summed E-state index contributed by atoms with van der Waals surface area (Å²) in [6.07, 6.45) is -1.23. The lowest BCUT2D eigenvalue weighted by atomic mass is 10.0. The third kappa shape index (κ3) is 6.83. The van der Waals surface area contributed by atoms with Crippen molar-refractivity contribution in [3.8, 4) is 22.8 Å². The van der Waals surface area contributed by atoms with E-state index < -0.39 is 6.36 Å². The van der Waals surface area contributed by atoms with Crippen LogP contribution in [0.2, 0.25) is 0 Å². The number of amides is 1. The molecule has 3 aromatic carbocycles. The van der Waals surface area contributed by atoms with Gasteiger partial charge in [-0.1, -0.05) is 68.1 Å². The highest BCUT2D eigenvalue weighted by molar-refractivity contribution is 8.14. The fourth-order valence-electron chi connectivity index (χ4n) is 4.19. The lowest BCUT2D eigenvalue weighted by Gasteiger charge is -2.29. The Hall–Kier alpha value is -4.45. The SMILES string of the molecule is CC(C)c1ccccc1N1C(=O)CCS/C1=N/N=C\c1ccc(-c2ncn(-c3ccc(OC(F)(F)F)cc3)n2)cc1. The number of thioether (sulfide) groups is 1. The first-order valence-corrected chi connectivity index (χ1v) is 13.7. The van der Waals surface area contributed by atoms with Gasteiger partial charge < -0.3 is 4.74 Å². The Balaban J connectivity index is 1.29. The highest BCUT2D eigenvalue weighted by atomic mass is 32.2. The predicted octanol–water partition coefficient (Wildman–Crippen LogP) is 6.82. The number of alkyl halides is 3. The summed E-state index contributed by atoms with van der Waals surface area (Å²) in [5.41, 5.74) is 3.97. The number of amidine groups is 1. The minimum absolute atomic E-state index is 0.00678. The Morgan fingerprint density at radius 2 is 1.76 bits per heavy atom. The third-order valence-electron chi connectivity index (χ3n) is 6.13. The second-order valence-electron chi connectivity index (χ2n) is 9.34. The minimum atomic E-state index is -4.75. The summed E-state index contributed by atoms with van der Waals surface area (Å²) in [5.74, 6) is 1.01. The Morgan fingerprint density at radius 1 is 1.02 bits per heavy atom. The number of carbonyl (C=O) groups excluding carboxylic acids is 1. The van der Waals surface area contributed by atoms with Gasteiger partial charge in [-0.25, -0.2) is 9.67 Å². The number of para-hydroxylation sites is 1. The van der Waals surface area contributed by atoms with Crippen LogP contribution in [0.15, 0.2) is 89.3 Å². The fourth-order valence-corrected chi connectivity index (χ4v) is 5.08. The second-order valence-corrected chi connectivity index (χ2v) is 10.4. The van der Waals surface area contributed by atoms with Crippen LogP contribution in [0.1, 0.15) is 37.3 Å².